The van der Waals surface area contributed by atoms with Gasteiger partial charge in [0.1, 0.15) is 0 Å². The van der Waals surface area contributed by atoms with E-state index in [2.05, 4.69) is 10.6 Å². The number of halogens is 1. The molecule has 21 heavy (non-hydrogen) atoms. The van der Waals surface area contributed by atoms with Gasteiger partial charge in [-0.25, -0.2) is 9.59 Å². The van der Waals surface area contributed by atoms with Crippen LogP contribution in [0.15, 0.2) is 29.0 Å². The summed E-state index contributed by atoms with van der Waals surface area (Å²) in [5.74, 6) is -1.15. The fourth-order valence-corrected chi connectivity index (χ4v) is 2.74. The first kappa shape index (κ1) is 15.3. The van der Waals surface area contributed by atoms with E-state index in [0.29, 0.717) is 11.6 Å². The number of hydrogen-bond donors (Lipinski definition) is 3. The van der Waals surface area contributed by atoms with Gasteiger partial charge in [0, 0.05) is 11.6 Å². The zero-order chi connectivity index (χ0) is 15.4. The number of thiophene rings is 1. The highest BCUT2D eigenvalue weighted by molar-refractivity contribution is 7.08. The van der Waals surface area contributed by atoms with Crippen molar-refractivity contribution in [2.24, 2.45) is 0 Å². The minimum Gasteiger partial charge on any atom is -0.478 e. The van der Waals surface area contributed by atoms with Crippen molar-refractivity contribution in [1.82, 2.24) is 5.32 Å². The maximum atomic E-state index is 11.8. The van der Waals surface area contributed by atoms with Crippen LogP contribution < -0.4 is 10.6 Å². The summed E-state index contributed by atoms with van der Waals surface area (Å²) in [6, 6.07) is 3.81. The molecule has 1 aromatic heterocycles. The number of carbonyl (C=O) groups excluding carboxylic acids is 1. The number of benzene rings is 1. The summed E-state index contributed by atoms with van der Waals surface area (Å²) in [5.41, 5.74) is 2.29. The SMILES string of the molecule is Cc1cscc1CNC(=O)Nc1ccc(Cl)cc1C(=O)O. The Morgan fingerprint density at radius 1 is 1.33 bits per heavy atom. The Morgan fingerprint density at radius 3 is 2.71 bits per heavy atom. The first-order chi connectivity index (χ1) is 9.97. The fraction of sp³-hybridized carbons (Fsp3) is 0.143. The molecule has 0 atom stereocenters. The average Bonchev–Trinajstić information content (AvgIpc) is 2.84. The van der Waals surface area contributed by atoms with Gasteiger partial charge >= 0.3 is 12.0 Å². The quantitative estimate of drug-likeness (QED) is 0.801. The zero-order valence-electron chi connectivity index (χ0n) is 11.1. The van der Waals surface area contributed by atoms with Gasteiger partial charge in [0.05, 0.1) is 11.3 Å². The molecule has 2 rings (SSSR count). The molecule has 0 radical (unpaired) electrons. The molecule has 5 nitrogen and oxygen atoms in total. The second-order valence-corrected chi connectivity index (χ2v) is 5.56. The van der Waals surface area contributed by atoms with Crippen LogP contribution in [-0.2, 0) is 6.54 Å². The molecule has 0 aliphatic rings. The standard InChI is InChI=1S/C14H13ClN2O3S/c1-8-6-21-7-9(8)5-16-14(20)17-12-3-2-10(15)4-11(12)13(18)19/h2-4,6-7H,5H2,1H3,(H,18,19)(H2,16,17,20). The van der Waals surface area contributed by atoms with Gasteiger partial charge in [-0.2, -0.15) is 11.3 Å². The highest BCUT2D eigenvalue weighted by Crippen LogP contribution is 2.20. The van der Waals surface area contributed by atoms with Gasteiger partial charge in [-0.1, -0.05) is 11.6 Å². The smallest absolute Gasteiger partial charge is 0.337 e. The van der Waals surface area contributed by atoms with E-state index in [1.165, 1.54) is 18.2 Å². The summed E-state index contributed by atoms with van der Waals surface area (Å²) in [5, 5.41) is 18.5. The first-order valence-electron chi connectivity index (χ1n) is 6.06. The molecule has 3 N–H and O–H groups in total. The van der Waals surface area contributed by atoms with Gasteiger partial charge in [-0.05, 0) is 47.0 Å². The van der Waals surface area contributed by atoms with Crippen LogP contribution in [0.1, 0.15) is 21.5 Å². The van der Waals surface area contributed by atoms with Crippen molar-refractivity contribution in [1.29, 1.82) is 0 Å². The maximum Gasteiger partial charge on any atom is 0.337 e. The highest BCUT2D eigenvalue weighted by atomic mass is 35.5. The number of amides is 2. The lowest BCUT2D eigenvalue weighted by molar-refractivity contribution is 0.0698. The van der Waals surface area contributed by atoms with Gasteiger partial charge in [0.25, 0.3) is 0 Å². The van der Waals surface area contributed by atoms with Crippen molar-refractivity contribution < 1.29 is 14.7 Å². The normalized spacial score (nSPS) is 10.2. The second kappa shape index (κ2) is 6.60. The lowest BCUT2D eigenvalue weighted by atomic mass is 10.2. The minimum atomic E-state index is -1.15. The molecule has 0 aliphatic carbocycles. The number of nitrogens with one attached hydrogen (secondary N) is 2. The number of aryl methyl sites for hydroxylation is 1. The lowest BCUT2D eigenvalue weighted by Gasteiger charge is -2.10. The number of aromatic carboxylic acids is 1. The number of carbonyl (C=O) groups is 2. The van der Waals surface area contributed by atoms with Crippen LogP contribution >= 0.6 is 22.9 Å². The molecular weight excluding hydrogens is 312 g/mol. The van der Waals surface area contributed by atoms with Crippen LogP contribution in [0.4, 0.5) is 10.5 Å². The molecule has 0 saturated carbocycles. The summed E-state index contributed by atoms with van der Waals surface area (Å²) in [4.78, 5) is 22.9. The topological polar surface area (TPSA) is 78.4 Å². The van der Waals surface area contributed by atoms with Crippen molar-refractivity contribution in [3.05, 3.63) is 50.7 Å². The number of rotatable bonds is 4. The van der Waals surface area contributed by atoms with Crippen LogP contribution in [0.5, 0.6) is 0 Å². The maximum absolute atomic E-state index is 11.8. The Labute approximate surface area is 130 Å². The van der Waals surface area contributed by atoms with Crippen LogP contribution in [0.25, 0.3) is 0 Å². The summed E-state index contributed by atoms with van der Waals surface area (Å²) >= 11 is 7.32. The molecule has 0 spiro atoms. The van der Waals surface area contributed by atoms with E-state index >= 15 is 0 Å². The first-order valence-corrected chi connectivity index (χ1v) is 7.39. The van der Waals surface area contributed by atoms with Gasteiger partial charge in [-0.3, -0.25) is 0 Å². The van der Waals surface area contributed by atoms with Gasteiger partial charge in [0.2, 0.25) is 0 Å². The molecular formula is C14H13ClN2O3S. The molecule has 2 amide bonds. The molecule has 2 aromatic rings. The van der Waals surface area contributed by atoms with E-state index in [1.54, 1.807) is 11.3 Å². The van der Waals surface area contributed by atoms with Gasteiger partial charge in [0.15, 0.2) is 0 Å². The number of anilines is 1. The van der Waals surface area contributed by atoms with Crippen molar-refractivity contribution in [3.8, 4) is 0 Å². The van der Waals surface area contributed by atoms with E-state index in [9.17, 15) is 9.59 Å². The summed E-state index contributed by atoms with van der Waals surface area (Å²) in [6.45, 7) is 2.35. The largest absolute Gasteiger partial charge is 0.478 e. The average molecular weight is 325 g/mol. The molecule has 1 heterocycles. The monoisotopic (exact) mass is 324 g/mol. The molecule has 0 bridgehead atoms. The van der Waals surface area contributed by atoms with Crippen LogP contribution in [-0.4, -0.2) is 17.1 Å². The minimum absolute atomic E-state index is 0.0515. The summed E-state index contributed by atoms with van der Waals surface area (Å²) in [7, 11) is 0. The Kier molecular flexibility index (Phi) is 4.82. The lowest BCUT2D eigenvalue weighted by Crippen LogP contribution is -2.29. The third-order valence-electron chi connectivity index (χ3n) is 2.86. The van der Waals surface area contributed by atoms with Crippen molar-refractivity contribution >= 4 is 40.6 Å². The summed E-state index contributed by atoms with van der Waals surface area (Å²) in [6.07, 6.45) is 0. The Balaban J connectivity index is 2.03. The van der Waals surface area contributed by atoms with E-state index < -0.39 is 12.0 Å². The zero-order valence-corrected chi connectivity index (χ0v) is 12.7. The van der Waals surface area contributed by atoms with E-state index in [-0.39, 0.29) is 11.3 Å². The Hall–Kier alpha value is -2.05. The third-order valence-corrected chi connectivity index (χ3v) is 4.01. The van der Waals surface area contributed by atoms with Crippen molar-refractivity contribution in [2.75, 3.05) is 5.32 Å². The number of carboxylic acids is 1. The number of hydrogen-bond acceptors (Lipinski definition) is 3. The van der Waals surface area contributed by atoms with E-state index in [0.717, 1.165) is 11.1 Å². The second-order valence-electron chi connectivity index (χ2n) is 4.38. The van der Waals surface area contributed by atoms with Crippen molar-refractivity contribution in [3.63, 3.8) is 0 Å². The predicted molar refractivity (Wildman–Crippen MR) is 83.3 cm³/mol. The summed E-state index contributed by atoms with van der Waals surface area (Å²) < 4.78 is 0. The highest BCUT2D eigenvalue weighted by Gasteiger charge is 2.13. The van der Waals surface area contributed by atoms with Gasteiger partial charge < -0.3 is 15.7 Å². The molecule has 7 heteroatoms. The molecule has 1 aromatic carbocycles. The molecule has 110 valence electrons. The molecule has 0 fully saturated rings. The number of carboxylic acid groups (broad SMARTS) is 1. The molecule has 0 saturated heterocycles. The predicted octanol–water partition coefficient (Wildman–Crippen LogP) is 3.73. The van der Waals surface area contributed by atoms with Crippen LogP contribution in [0.3, 0.4) is 0 Å². The van der Waals surface area contributed by atoms with Crippen LogP contribution in [0.2, 0.25) is 5.02 Å². The Bertz CT molecular complexity index is 685. The van der Waals surface area contributed by atoms with Gasteiger partial charge in [-0.15, -0.1) is 0 Å². The van der Waals surface area contributed by atoms with E-state index in [1.807, 2.05) is 17.7 Å². The Morgan fingerprint density at radius 2 is 2.10 bits per heavy atom. The van der Waals surface area contributed by atoms with E-state index in [4.69, 9.17) is 16.7 Å². The molecule has 0 unspecified atom stereocenters. The fourth-order valence-electron chi connectivity index (χ4n) is 1.71. The number of urea groups is 1. The van der Waals surface area contributed by atoms with Crippen molar-refractivity contribution in [2.45, 2.75) is 13.5 Å². The van der Waals surface area contributed by atoms with Crippen LogP contribution in [0, 0.1) is 6.92 Å². The third kappa shape index (κ3) is 3.96. The molecule has 0 aliphatic heterocycles.